The number of ether oxygens (including phenoxy) is 2. The lowest BCUT2D eigenvalue weighted by Crippen LogP contribution is -2.14. The van der Waals surface area contributed by atoms with Crippen molar-refractivity contribution in [2.75, 3.05) is 13.7 Å². The molecule has 0 heterocycles. The monoisotopic (exact) mass is 296 g/mol. The third kappa shape index (κ3) is 6.24. The average molecular weight is 296 g/mol. The Kier molecular flexibility index (Phi) is 7.90. The van der Waals surface area contributed by atoms with E-state index >= 15 is 0 Å². The summed E-state index contributed by atoms with van der Waals surface area (Å²) in [6, 6.07) is 4.95. The molecule has 0 radical (unpaired) electrons. The Labute approximate surface area is 121 Å². The van der Waals surface area contributed by atoms with Crippen LogP contribution in [0, 0.1) is 6.92 Å². The summed E-state index contributed by atoms with van der Waals surface area (Å²) in [6.45, 7) is 5.29. The normalized spacial score (nSPS) is 8.86. The van der Waals surface area contributed by atoms with Gasteiger partial charge in [-0.25, -0.2) is 14.4 Å². The summed E-state index contributed by atoms with van der Waals surface area (Å²) in [7, 11) is 1.27. The number of carboxylic acid groups (broad SMARTS) is 2. The Hall–Kier alpha value is -2.83. The molecule has 2 N–H and O–H groups in total. The van der Waals surface area contributed by atoms with E-state index in [0.29, 0.717) is 5.56 Å². The van der Waals surface area contributed by atoms with Gasteiger partial charge in [-0.1, -0.05) is 24.8 Å². The second-order valence-corrected chi connectivity index (χ2v) is 3.66. The molecule has 7 heteroatoms. The van der Waals surface area contributed by atoms with Gasteiger partial charge in [0.25, 0.3) is 0 Å². The number of carbonyl (C=O) groups is 3. The molecule has 21 heavy (non-hydrogen) atoms. The maximum atomic E-state index is 11.7. The van der Waals surface area contributed by atoms with E-state index in [4.69, 9.17) is 19.7 Å². The van der Waals surface area contributed by atoms with Gasteiger partial charge in [-0.2, -0.15) is 0 Å². The van der Waals surface area contributed by atoms with Gasteiger partial charge < -0.3 is 19.7 Å². The van der Waals surface area contributed by atoms with Gasteiger partial charge in [0.2, 0.25) is 0 Å². The Morgan fingerprint density at radius 2 is 1.81 bits per heavy atom. The largest absolute Gasteiger partial charge is 0.503 e. The fraction of sp³-hybridized carbons (Fsp3) is 0.214. The van der Waals surface area contributed by atoms with Gasteiger partial charge in [0, 0.05) is 0 Å². The molecule has 7 nitrogen and oxygen atoms in total. The van der Waals surface area contributed by atoms with Crippen LogP contribution in [0.2, 0.25) is 0 Å². The third-order valence-electron chi connectivity index (χ3n) is 2.21. The number of aryl methyl sites for hydroxylation is 1. The highest BCUT2D eigenvalue weighted by atomic mass is 16.6. The Balaban J connectivity index is 0.000000885. The van der Waals surface area contributed by atoms with Crippen molar-refractivity contribution >= 4 is 18.1 Å². The topological polar surface area (TPSA) is 110 Å². The number of esters is 2. The molecule has 114 valence electrons. The van der Waals surface area contributed by atoms with Gasteiger partial charge in [-0.05, 0) is 18.6 Å². The second kappa shape index (κ2) is 9.13. The lowest BCUT2D eigenvalue weighted by Gasteiger charge is -2.09. The molecule has 1 aromatic carbocycles. The van der Waals surface area contributed by atoms with Gasteiger partial charge in [-0.3, -0.25) is 0 Å². The molecular formula is C14H16O7. The highest BCUT2D eigenvalue weighted by Gasteiger charge is 2.20. The molecule has 0 atom stereocenters. The molecule has 0 saturated carbocycles. The first-order chi connectivity index (χ1) is 9.84. The number of carbonyl (C=O) groups excluding carboxylic acids is 2. The van der Waals surface area contributed by atoms with Crippen LogP contribution in [-0.2, 0) is 9.47 Å². The van der Waals surface area contributed by atoms with E-state index in [1.54, 1.807) is 19.1 Å². The molecule has 0 saturated heterocycles. The van der Waals surface area contributed by atoms with Crippen LogP contribution in [0.5, 0.6) is 0 Å². The smallest absolute Gasteiger partial charge is 0.465 e. The number of methoxy groups -OCH3 is 1. The summed E-state index contributed by atoms with van der Waals surface area (Å²) in [5, 5.41) is 13.9. The molecule has 0 aliphatic rings. The lowest BCUT2D eigenvalue weighted by atomic mass is 10.0. The highest BCUT2D eigenvalue weighted by molar-refractivity contribution is 6.04. The molecule has 0 aliphatic heterocycles. The molecule has 0 fully saturated rings. The van der Waals surface area contributed by atoms with Gasteiger partial charge in [-0.15, -0.1) is 0 Å². The second-order valence-electron chi connectivity index (χ2n) is 3.66. The third-order valence-corrected chi connectivity index (χ3v) is 2.21. The number of rotatable bonds is 4. The zero-order valence-corrected chi connectivity index (χ0v) is 11.7. The molecule has 0 spiro atoms. The summed E-state index contributed by atoms with van der Waals surface area (Å²) >= 11 is 0. The van der Waals surface area contributed by atoms with Crippen LogP contribution in [0.1, 0.15) is 26.3 Å². The minimum absolute atomic E-state index is 0.105. The summed E-state index contributed by atoms with van der Waals surface area (Å²) in [6.07, 6.45) is -0.370. The van der Waals surface area contributed by atoms with Crippen LogP contribution in [0.15, 0.2) is 30.9 Å². The zero-order valence-electron chi connectivity index (χ0n) is 11.7. The Bertz CT molecular complexity index is 530. The first-order valence-corrected chi connectivity index (χ1v) is 5.73. The van der Waals surface area contributed by atoms with E-state index in [0.717, 1.165) is 0 Å². The lowest BCUT2D eigenvalue weighted by molar-refractivity contribution is 0.0522. The standard InChI is InChI=1S/C13H14O4.CH2O3/c1-4-8-17-12(14)10-7-5-6-9(2)11(10)13(15)16-3;2-1(3)4/h4-7H,1,8H2,2-3H3;(H2,2,3,4). The van der Waals surface area contributed by atoms with E-state index in [2.05, 4.69) is 11.3 Å². The number of benzene rings is 1. The van der Waals surface area contributed by atoms with Crippen LogP contribution >= 0.6 is 0 Å². The van der Waals surface area contributed by atoms with Crippen molar-refractivity contribution in [1.29, 1.82) is 0 Å². The molecule has 0 unspecified atom stereocenters. The van der Waals surface area contributed by atoms with Crippen LogP contribution in [0.3, 0.4) is 0 Å². The molecule has 1 rings (SSSR count). The van der Waals surface area contributed by atoms with Crippen molar-refractivity contribution in [3.05, 3.63) is 47.5 Å². The van der Waals surface area contributed by atoms with Crippen molar-refractivity contribution < 1.29 is 34.1 Å². The molecular weight excluding hydrogens is 280 g/mol. The maximum absolute atomic E-state index is 11.7. The van der Waals surface area contributed by atoms with Crippen LogP contribution in [-0.4, -0.2) is 42.0 Å². The molecule has 0 amide bonds. The minimum Gasteiger partial charge on any atom is -0.465 e. The van der Waals surface area contributed by atoms with E-state index in [9.17, 15) is 9.59 Å². The minimum atomic E-state index is -1.83. The first kappa shape index (κ1) is 18.2. The van der Waals surface area contributed by atoms with Crippen molar-refractivity contribution in [2.45, 2.75) is 6.92 Å². The van der Waals surface area contributed by atoms with Crippen LogP contribution in [0.4, 0.5) is 4.79 Å². The quantitative estimate of drug-likeness (QED) is 0.648. The molecule has 1 aromatic rings. The van der Waals surface area contributed by atoms with E-state index < -0.39 is 18.1 Å². The predicted octanol–water partition coefficient (Wildman–Crippen LogP) is 2.35. The fourth-order valence-corrected chi connectivity index (χ4v) is 1.42. The molecule has 0 aliphatic carbocycles. The van der Waals surface area contributed by atoms with E-state index in [-0.39, 0.29) is 17.7 Å². The van der Waals surface area contributed by atoms with Gasteiger partial charge in [0.1, 0.15) is 6.61 Å². The van der Waals surface area contributed by atoms with Gasteiger partial charge in [0.05, 0.1) is 18.2 Å². The Morgan fingerprint density at radius 3 is 2.29 bits per heavy atom. The summed E-state index contributed by atoms with van der Waals surface area (Å²) in [5.74, 6) is -1.11. The average Bonchev–Trinajstić information content (AvgIpc) is 2.43. The summed E-state index contributed by atoms with van der Waals surface area (Å²) in [4.78, 5) is 31.9. The van der Waals surface area contributed by atoms with Gasteiger partial charge in [0.15, 0.2) is 0 Å². The first-order valence-electron chi connectivity index (χ1n) is 5.73. The van der Waals surface area contributed by atoms with Crippen molar-refractivity contribution in [2.24, 2.45) is 0 Å². The summed E-state index contributed by atoms with van der Waals surface area (Å²) < 4.78 is 9.55. The zero-order chi connectivity index (χ0) is 16.4. The summed E-state index contributed by atoms with van der Waals surface area (Å²) in [5.41, 5.74) is 1.12. The molecule has 0 aromatic heterocycles. The SMILES string of the molecule is C=CCOC(=O)c1cccc(C)c1C(=O)OC.O=C(O)O. The predicted molar refractivity (Wildman–Crippen MR) is 73.7 cm³/mol. The number of hydrogen-bond donors (Lipinski definition) is 2. The van der Waals surface area contributed by atoms with Crippen molar-refractivity contribution in [3.8, 4) is 0 Å². The van der Waals surface area contributed by atoms with Gasteiger partial charge >= 0.3 is 18.1 Å². The van der Waals surface area contributed by atoms with Crippen LogP contribution < -0.4 is 0 Å². The van der Waals surface area contributed by atoms with Crippen molar-refractivity contribution in [3.63, 3.8) is 0 Å². The number of hydrogen-bond acceptors (Lipinski definition) is 5. The maximum Gasteiger partial charge on any atom is 0.503 e. The highest BCUT2D eigenvalue weighted by Crippen LogP contribution is 2.16. The fourth-order valence-electron chi connectivity index (χ4n) is 1.42. The van der Waals surface area contributed by atoms with E-state index in [1.165, 1.54) is 19.3 Å². The molecule has 0 bridgehead atoms. The Morgan fingerprint density at radius 1 is 1.24 bits per heavy atom. The van der Waals surface area contributed by atoms with E-state index in [1.807, 2.05) is 0 Å². The van der Waals surface area contributed by atoms with Crippen molar-refractivity contribution in [1.82, 2.24) is 0 Å². The van der Waals surface area contributed by atoms with Crippen LogP contribution in [0.25, 0.3) is 0 Å².